The van der Waals surface area contributed by atoms with Gasteiger partial charge in [0.15, 0.2) is 0 Å². The van der Waals surface area contributed by atoms with E-state index in [0.29, 0.717) is 12.1 Å². The quantitative estimate of drug-likeness (QED) is 0.915. The maximum absolute atomic E-state index is 5.98. The predicted octanol–water partition coefficient (Wildman–Crippen LogP) is 3.90. The van der Waals surface area contributed by atoms with E-state index in [-0.39, 0.29) is 0 Å². The van der Waals surface area contributed by atoms with Gasteiger partial charge < -0.3 is 15.0 Å². The lowest BCUT2D eigenvalue weighted by molar-refractivity contribution is 0.219. The van der Waals surface area contributed by atoms with Crippen LogP contribution in [-0.4, -0.2) is 31.8 Å². The molecule has 1 fully saturated rings. The Hall–Kier alpha value is -1.71. The minimum Gasteiger partial charge on any atom is -0.492 e. The summed E-state index contributed by atoms with van der Waals surface area (Å²) in [5.74, 6) is 1.05. The van der Waals surface area contributed by atoms with E-state index in [1.54, 1.807) is 0 Å². The van der Waals surface area contributed by atoms with E-state index in [2.05, 4.69) is 40.5 Å². The minimum absolute atomic E-state index is 0.423. The van der Waals surface area contributed by atoms with Crippen molar-refractivity contribution in [3.05, 3.63) is 59.1 Å². The van der Waals surface area contributed by atoms with Gasteiger partial charge in [-0.1, -0.05) is 29.8 Å². The van der Waals surface area contributed by atoms with Crippen LogP contribution >= 0.6 is 11.6 Å². The van der Waals surface area contributed by atoms with Crippen LogP contribution in [0.2, 0.25) is 5.02 Å². The molecule has 0 aromatic heterocycles. The SMILES string of the molecule is Clc1ccc(N2CCC(N[C@@H]3COc4ccccc4C3)CC2)cc1. The zero-order valence-electron chi connectivity index (χ0n) is 13.7. The smallest absolute Gasteiger partial charge is 0.122 e. The number of fused-ring (bicyclic) bond motifs is 1. The van der Waals surface area contributed by atoms with Crippen LogP contribution in [0.25, 0.3) is 0 Å². The number of rotatable bonds is 3. The van der Waals surface area contributed by atoms with Gasteiger partial charge in [0.1, 0.15) is 12.4 Å². The van der Waals surface area contributed by atoms with Crippen LogP contribution in [0.15, 0.2) is 48.5 Å². The van der Waals surface area contributed by atoms with Crippen molar-refractivity contribution in [2.24, 2.45) is 0 Å². The number of anilines is 1. The lowest BCUT2D eigenvalue weighted by Gasteiger charge is -2.37. The molecule has 2 aliphatic rings. The fourth-order valence-corrected chi connectivity index (χ4v) is 3.85. The third-order valence-electron chi connectivity index (χ3n) is 5.04. The Morgan fingerprint density at radius 3 is 2.50 bits per heavy atom. The maximum atomic E-state index is 5.98. The molecule has 0 amide bonds. The molecule has 2 aromatic rings. The standard InChI is InChI=1S/C20H23ClN2O/c21-16-5-7-19(8-6-16)23-11-9-17(10-12-23)22-18-13-15-3-1-2-4-20(15)24-14-18/h1-8,17-18,22H,9-14H2/t18-/m0/s1. The van der Waals surface area contributed by atoms with Crippen LogP contribution < -0.4 is 15.0 Å². The van der Waals surface area contributed by atoms with Crippen molar-refractivity contribution < 1.29 is 4.74 Å². The molecule has 2 aromatic carbocycles. The van der Waals surface area contributed by atoms with E-state index in [9.17, 15) is 0 Å². The molecule has 0 radical (unpaired) electrons. The fourth-order valence-electron chi connectivity index (χ4n) is 3.72. The third kappa shape index (κ3) is 3.52. The van der Waals surface area contributed by atoms with Crippen LogP contribution in [0.3, 0.4) is 0 Å². The van der Waals surface area contributed by atoms with Crippen LogP contribution in [0.4, 0.5) is 5.69 Å². The molecule has 1 atom stereocenters. The molecule has 0 bridgehead atoms. The number of hydrogen-bond acceptors (Lipinski definition) is 3. The molecular formula is C20H23ClN2O. The molecule has 0 unspecified atom stereocenters. The first kappa shape index (κ1) is 15.8. The third-order valence-corrected chi connectivity index (χ3v) is 5.29. The summed E-state index contributed by atoms with van der Waals surface area (Å²) in [7, 11) is 0. The van der Waals surface area contributed by atoms with Crippen molar-refractivity contribution in [1.29, 1.82) is 0 Å². The van der Waals surface area contributed by atoms with Crippen LogP contribution in [0.5, 0.6) is 5.75 Å². The minimum atomic E-state index is 0.423. The zero-order valence-corrected chi connectivity index (χ0v) is 14.5. The molecule has 2 aliphatic heterocycles. The van der Waals surface area contributed by atoms with Crippen LogP contribution in [0, 0.1) is 0 Å². The van der Waals surface area contributed by atoms with Crippen molar-refractivity contribution >= 4 is 17.3 Å². The molecule has 4 heteroatoms. The largest absolute Gasteiger partial charge is 0.492 e. The van der Waals surface area contributed by atoms with Gasteiger partial charge in [-0.3, -0.25) is 0 Å². The predicted molar refractivity (Wildman–Crippen MR) is 99.3 cm³/mol. The monoisotopic (exact) mass is 342 g/mol. The highest BCUT2D eigenvalue weighted by Crippen LogP contribution is 2.26. The second-order valence-corrected chi connectivity index (χ2v) is 7.16. The molecule has 0 aliphatic carbocycles. The summed E-state index contributed by atoms with van der Waals surface area (Å²) >= 11 is 5.98. The average Bonchev–Trinajstić information content (AvgIpc) is 2.63. The highest BCUT2D eigenvalue weighted by Gasteiger charge is 2.25. The second kappa shape index (κ2) is 7.04. The number of nitrogens with zero attached hydrogens (tertiary/aromatic N) is 1. The van der Waals surface area contributed by atoms with Gasteiger partial charge in [0.25, 0.3) is 0 Å². The van der Waals surface area contributed by atoms with Gasteiger partial charge in [-0.25, -0.2) is 0 Å². The lowest BCUT2D eigenvalue weighted by atomic mass is 9.99. The fraction of sp³-hybridized carbons (Fsp3) is 0.400. The van der Waals surface area contributed by atoms with Crippen molar-refractivity contribution in [1.82, 2.24) is 5.32 Å². The Morgan fingerprint density at radius 2 is 1.71 bits per heavy atom. The van der Waals surface area contributed by atoms with E-state index in [4.69, 9.17) is 16.3 Å². The van der Waals surface area contributed by atoms with Crippen molar-refractivity contribution in [2.45, 2.75) is 31.3 Å². The molecule has 24 heavy (non-hydrogen) atoms. The molecule has 4 rings (SSSR count). The zero-order chi connectivity index (χ0) is 16.4. The van der Waals surface area contributed by atoms with Crippen LogP contribution in [0.1, 0.15) is 18.4 Å². The Labute approximate surface area is 148 Å². The molecule has 0 spiro atoms. The van der Waals surface area contributed by atoms with Gasteiger partial charge >= 0.3 is 0 Å². The summed E-state index contributed by atoms with van der Waals surface area (Å²) in [5, 5.41) is 4.61. The van der Waals surface area contributed by atoms with Gasteiger partial charge in [-0.05, 0) is 55.2 Å². The first-order valence-corrected chi connectivity index (χ1v) is 9.13. The van der Waals surface area contributed by atoms with E-state index < -0.39 is 0 Å². The van der Waals surface area contributed by atoms with Crippen molar-refractivity contribution in [3.63, 3.8) is 0 Å². The molecular weight excluding hydrogens is 320 g/mol. The Balaban J connectivity index is 1.30. The number of nitrogens with one attached hydrogen (secondary N) is 1. The number of ether oxygens (including phenoxy) is 1. The van der Waals surface area contributed by atoms with E-state index in [1.807, 2.05) is 18.2 Å². The molecule has 2 heterocycles. The summed E-state index contributed by atoms with van der Waals surface area (Å²) in [6, 6.07) is 17.5. The van der Waals surface area contributed by atoms with E-state index in [1.165, 1.54) is 24.1 Å². The first-order valence-electron chi connectivity index (χ1n) is 8.75. The maximum Gasteiger partial charge on any atom is 0.122 e. The molecule has 1 saturated heterocycles. The van der Waals surface area contributed by atoms with Gasteiger partial charge in [0, 0.05) is 35.9 Å². The highest BCUT2D eigenvalue weighted by molar-refractivity contribution is 6.30. The average molecular weight is 343 g/mol. The summed E-state index contributed by atoms with van der Waals surface area (Å²) in [5.41, 5.74) is 2.59. The Morgan fingerprint density at radius 1 is 0.958 bits per heavy atom. The van der Waals surface area contributed by atoms with E-state index in [0.717, 1.165) is 36.9 Å². The second-order valence-electron chi connectivity index (χ2n) is 6.72. The van der Waals surface area contributed by atoms with Gasteiger partial charge in [-0.15, -0.1) is 0 Å². The van der Waals surface area contributed by atoms with Gasteiger partial charge in [0.2, 0.25) is 0 Å². The van der Waals surface area contributed by atoms with Crippen LogP contribution in [-0.2, 0) is 6.42 Å². The number of piperidine rings is 1. The summed E-state index contributed by atoms with van der Waals surface area (Å²) in [6.07, 6.45) is 3.40. The molecule has 126 valence electrons. The Bertz CT molecular complexity index is 680. The summed E-state index contributed by atoms with van der Waals surface area (Å²) in [6.45, 7) is 2.95. The number of hydrogen-bond donors (Lipinski definition) is 1. The highest BCUT2D eigenvalue weighted by atomic mass is 35.5. The summed E-state index contributed by atoms with van der Waals surface area (Å²) < 4.78 is 5.89. The number of halogens is 1. The van der Waals surface area contributed by atoms with E-state index >= 15 is 0 Å². The van der Waals surface area contributed by atoms with Gasteiger partial charge in [-0.2, -0.15) is 0 Å². The first-order chi connectivity index (χ1) is 11.8. The molecule has 1 N–H and O–H groups in total. The van der Waals surface area contributed by atoms with Gasteiger partial charge in [0.05, 0.1) is 0 Å². The number of para-hydroxylation sites is 1. The van der Waals surface area contributed by atoms with Crippen molar-refractivity contribution in [2.75, 3.05) is 24.6 Å². The summed E-state index contributed by atoms with van der Waals surface area (Å²) in [4.78, 5) is 2.45. The lowest BCUT2D eigenvalue weighted by Crippen LogP contribution is -2.49. The Kier molecular flexibility index (Phi) is 4.63. The molecule has 3 nitrogen and oxygen atoms in total. The molecule has 0 saturated carbocycles. The topological polar surface area (TPSA) is 24.5 Å². The number of benzene rings is 2. The van der Waals surface area contributed by atoms with Crippen molar-refractivity contribution in [3.8, 4) is 5.75 Å². The normalized spacial score (nSPS) is 21.2.